The number of aliphatic hydroxyl groups is 1. The number of likely N-dealkylation sites (N-methyl/N-ethyl adjacent to an activating group) is 1. The van der Waals surface area contributed by atoms with Gasteiger partial charge >= 0.3 is 0 Å². The lowest BCUT2D eigenvalue weighted by molar-refractivity contribution is 0.171. The van der Waals surface area contributed by atoms with Crippen LogP contribution in [0.4, 0.5) is 5.69 Å². The zero-order chi connectivity index (χ0) is 12.0. The molecule has 0 spiro atoms. The molecule has 1 aromatic carbocycles. The Kier molecular flexibility index (Phi) is 5.60. The second-order valence-electron chi connectivity index (χ2n) is 3.91. The number of aliphatic hydroxyl groups excluding tert-OH is 1. The van der Waals surface area contributed by atoms with Gasteiger partial charge in [0.15, 0.2) is 0 Å². The van der Waals surface area contributed by atoms with Crippen molar-refractivity contribution in [3.63, 3.8) is 0 Å². The minimum atomic E-state index is -0.323. The lowest BCUT2D eigenvalue weighted by Gasteiger charge is -2.22. The van der Waals surface area contributed by atoms with Crippen LogP contribution in [0.2, 0.25) is 5.02 Å². The van der Waals surface area contributed by atoms with Crippen molar-refractivity contribution < 1.29 is 5.11 Å². The summed E-state index contributed by atoms with van der Waals surface area (Å²) in [7, 11) is 3.83. The lowest BCUT2D eigenvalue weighted by Crippen LogP contribution is -2.31. The molecular weight excluding hydrogens is 224 g/mol. The van der Waals surface area contributed by atoms with Gasteiger partial charge in [0.2, 0.25) is 0 Å². The molecule has 0 fully saturated rings. The van der Waals surface area contributed by atoms with Crippen molar-refractivity contribution >= 4 is 17.3 Å². The van der Waals surface area contributed by atoms with Gasteiger partial charge in [0, 0.05) is 24.3 Å². The van der Waals surface area contributed by atoms with E-state index in [1.807, 2.05) is 43.3 Å². The average molecular weight is 243 g/mol. The molecule has 0 radical (unpaired) electrons. The van der Waals surface area contributed by atoms with Gasteiger partial charge in [0.05, 0.1) is 6.10 Å². The standard InChI is InChI=1S/C12H19ClN2O/c1-14-7-6-12(16)9-15(2)11-5-3-4-10(13)8-11/h3-5,8,12,14,16H,6-7,9H2,1-2H3. The van der Waals surface area contributed by atoms with Crippen LogP contribution < -0.4 is 10.2 Å². The fourth-order valence-corrected chi connectivity index (χ4v) is 1.72. The van der Waals surface area contributed by atoms with Crippen LogP contribution in [0.5, 0.6) is 0 Å². The highest BCUT2D eigenvalue weighted by Crippen LogP contribution is 2.18. The Morgan fingerprint density at radius 3 is 2.88 bits per heavy atom. The van der Waals surface area contributed by atoms with E-state index in [1.54, 1.807) is 0 Å². The third kappa shape index (κ3) is 4.39. The third-order valence-electron chi connectivity index (χ3n) is 2.46. The Balaban J connectivity index is 2.48. The van der Waals surface area contributed by atoms with Crippen molar-refractivity contribution in [3.05, 3.63) is 29.3 Å². The Morgan fingerprint density at radius 1 is 1.50 bits per heavy atom. The number of anilines is 1. The van der Waals surface area contributed by atoms with E-state index in [2.05, 4.69) is 5.32 Å². The molecule has 0 aliphatic rings. The molecule has 1 atom stereocenters. The quantitative estimate of drug-likeness (QED) is 0.798. The summed E-state index contributed by atoms with van der Waals surface area (Å²) in [6.07, 6.45) is 0.429. The van der Waals surface area contributed by atoms with Crippen molar-refractivity contribution in [1.82, 2.24) is 5.32 Å². The van der Waals surface area contributed by atoms with E-state index >= 15 is 0 Å². The molecule has 0 aromatic heterocycles. The van der Waals surface area contributed by atoms with E-state index in [0.29, 0.717) is 11.6 Å². The van der Waals surface area contributed by atoms with Crippen molar-refractivity contribution in [2.24, 2.45) is 0 Å². The first-order chi connectivity index (χ1) is 7.63. The zero-order valence-electron chi connectivity index (χ0n) is 9.78. The lowest BCUT2D eigenvalue weighted by atomic mass is 10.2. The first kappa shape index (κ1) is 13.3. The summed E-state index contributed by atoms with van der Waals surface area (Å²) in [6, 6.07) is 7.63. The van der Waals surface area contributed by atoms with Crippen LogP contribution in [-0.2, 0) is 0 Å². The summed E-state index contributed by atoms with van der Waals surface area (Å²) >= 11 is 5.91. The second-order valence-corrected chi connectivity index (χ2v) is 4.34. The molecule has 3 nitrogen and oxygen atoms in total. The molecule has 2 N–H and O–H groups in total. The molecule has 1 unspecified atom stereocenters. The molecule has 1 rings (SSSR count). The van der Waals surface area contributed by atoms with Gasteiger partial charge in [-0.1, -0.05) is 17.7 Å². The van der Waals surface area contributed by atoms with Crippen molar-refractivity contribution in [2.75, 3.05) is 32.1 Å². The number of hydrogen-bond acceptors (Lipinski definition) is 3. The maximum Gasteiger partial charge on any atom is 0.0727 e. The van der Waals surface area contributed by atoms with Gasteiger partial charge in [0.1, 0.15) is 0 Å². The number of hydrogen-bond donors (Lipinski definition) is 2. The molecule has 16 heavy (non-hydrogen) atoms. The van der Waals surface area contributed by atoms with Crippen LogP contribution in [0.15, 0.2) is 24.3 Å². The summed E-state index contributed by atoms with van der Waals surface area (Å²) in [6.45, 7) is 1.44. The van der Waals surface area contributed by atoms with E-state index in [4.69, 9.17) is 11.6 Å². The number of nitrogens with zero attached hydrogens (tertiary/aromatic N) is 1. The van der Waals surface area contributed by atoms with Crippen LogP contribution >= 0.6 is 11.6 Å². The number of rotatable bonds is 6. The molecular formula is C12H19ClN2O. The third-order valence-corrected chi connectivity index (χ3v) is 2.70. The van der Waals surface area contributed by atoms with Gasteiger partial charge in [-0.25, -0.2) is 0 Å². The maximum absolute atomic E-state index is 9.77. The molecule has 0 amide bonds. The largest absolute Gasteiger partial charge is 0.391 e. The first-order valence-electron chi connectivity index (χ1n) is 5.43. The molecule has 4 heteroatoms. The molecule has 0 aliphatic carbocycles. The van der Waals surface area contributed by atoms with Gasteiger partial charge in [-0.2, -0.15) is 0 Å². The summed E-state index contributed by atoms with van der Waals surface area (Å²) < 4.78 is 0. The van der Waals surface area contributed by atoms with Crippen molar-refractivity contribution in [1.29, 1.82) is 0 Å². The van der Waals surface area contributed by atoms with Crippen LogP contribution in [0.1, 0.15) is 6.42 Å². The highest BCUT2D eigenvalue weighted by Gasteiger charge is 2.08. The summed E-state index contributed by atoms with van der Waals surface area (Å²) in [4.78, 5) is 2.01. The highest BCUT2D eigenvalue weighted by atomic mass is 35.5. The van der Waals surface area contributed by atoms with Gasteiger partial charge in [-0.05, 0) is 38.2 Å². The van der Waals surface area contributed by atoms with Crippen LogP contribution in [0, 0.1) is 0 Å². The monoisotopic (exact) mass is 242 g/mol. The van der Waals surface area contributed by atoms with Crippen LogP contribution in [0.3, 0.4) is 0 Å². The Morgan fingerprint density at radius 2 is 2.25 bits per heavy atom. The van der Waals surface area contributed by atoms with Gasteiger partial charge < -0.3 is 15.3 Å². The minimum absolute atomic E-state index is 0.323. The molecule has 1 aromatic rings. The fourth-order valence-electron chi connectivity index (χ4n) is 1.54. The van der Waals surface area contributed by atoms with Gasteiger partial charge in [-0.15, -0.1) is 0 Å². The predicted molar refractivity (Wildman–Crippen MR) is 69.3 cm³/mol. The van der Waals surface area contributed by atoms with Crippen molar-refractivity contribution in [2.45, 2.75) is 12.5 Å². The topological polar surface area (TPSA) is 35.5 Å². The number of halogens is 1. The van der Waals surface area contributed by atoms with Crippen LogP contribution in [0.25, 0.3) is 0 Å². The molecule has 0 heterocycles. The molecule has 90 valence electrons. The molecule has 0 aliphatic heterocycles. The maximum atomic E-state index is 9.77. The van der Waals surface area contributed by atoms with Crippen LogP contribution in [-0.4, -0.2) is 38.4 Å². The minimum Gasteiger partial charge on any atom is -0.391 e. The van der Waals surface area contributed by atoms with Gasteiger partial charge in [-0.3, -0.25) is 0 Å². The second kappa shape index (κ2) is 6.74. The highest BCUT2D eigenvalue weighted by molar-refractivity contribution is 6.30. The molecule has 0 saturated heterocycles. The first-order valence-corrected chi connectivity index (χ1v) is 5.80. The smallest absolute Gasteiger partial charge is 0.0727 e. The summed E-state index contributed by atoms with van der Waals surface area (Å²) in [5, 5.41) is 13.5. The Hall–Kier alpha value is -0.770. The zero-order valence-corrected chi connectivity index (χ0v) is 10.5. The molecule has 0 bridgehead atoms. The van der Waals surface area contributed by atoms with E-state index < -0.39 is 0 Å². The normalized spacial score (nSPS) is 12.5. The Bertz CT molecular complexity index is 320. The van der Waals surface area contributed by atoms with E-state index in [9.17, 15) is 5.11 Å². The predicted octanol–water partition coefficient (Wildman–Crippen LogP) is 1.75. The number of nitrogens with one attached hydrogen (secondary N) is 1. The molecule has 0 saturated carbocycles. The summed E-state index contributed by atoms with van der Waals surface area (Å²) in [5.41, 5.74) is 1.02. The van der Waals surface area contributed by atoms with Gasteiger partial charge in [0.25, 0.3) is 0 Å². The SMILES string of the molecule is CNCCC(O)CN(C)c1cccc(Cl)c1. The summed E-state index contributed by atoms with van der Waals surface area (Å²) in [5.74, 6) is 0. The average Bonchev–Trinajstić information content (AvgIpc) is 2.26. The fraction of sp³-hybridized carbons (Fsp3) is 0.500. The van der Waals surface area contributed by atoms with Crippen molar-refractivity contribution in [3.8, 4) is 0 Å². The Labute approximate surface area is 102 Å². The van der Waals surface area contributed by atoms with E-state index in [0.717, 1.165) is 18.7 Å². The number of benzene rings is 1. The van der Waals surface area contributed by atoms with E-state index in [-0.39, 0.29) is 6.10 Å². The van der Waals surface area contributed by atoms with E-state index in [1.165, 1.54) is 0 Å².